The summed E-state index contributed by atoms with van der Waals surface area (Å²) in [5.74, 6) is 0. The Hall–Kier alpha value is -0.500. The maximum Gasteiger partial charge on any atom is 0.0704 e. The number of allylic oxidation sites excluding steroid dienone is 1. The second-order valence-corrected chi connectivity index (χ2v) is 3.98. The van der Waals surface area contributed by atoms with E-state index in [4.69, 9.17) is 0 Å². The summed E-state index contributed by atoms with van der Waals surface area (Å²) in [5.41, 5.74) is 1.59. The molecule has 0 aromatic rings. The molecular formula is C9H18N2. The van der Waals surface area contributed by atoms with Gasteiger partial charge in [0.1, 0.15) is 0 Å². The summed E-state index contributed by atoms with van der Waals surface area (Å²) in [7, 11) is 4.27. The van der Waals surface area contributed by atoms with E-state index in [1.165, 1.54) is 5.70 Å². The maximum absolute atomic E-state index is 2.33. The van der Waals surface area contributed by atoms with E-state index in [0.29, 0.717) is 0 Å². The monoisotopic (exact) mass is 154 g/mol. The molecule has 0 radical (unpaired) electrons. The Morgan fingerprint density at radius 3 is 2.36 bits per heavy atom. The molecule has 11 heavy (non-hydrogen) atoms. The average Bonchev–Trinajstić information content (AvgIpc) is 1.83. The first-order chi connectivity index (χ1) is 4.93. The van der Waals surface area contributed by atoms with E-state index in [9.17, 15) is 0 Å². The van der Waals surface area contributed by atoms with Crippen LogP contribution < -0.4 is 0 Å². The largest absolute Gasteiger partial charge is 0.365 e. The van der Waals surface area contributed by atoms with Gasteiger partial charge in [-0.15, -0.1) is 0 Å². The fraction of sp³-hybridized carbons (Fsp3) is 0.778. The Morgan fingerprint density at radius 2 is 1.91 bits per heavy atom. The summed E-state index contributed by atoms with van der Waals surface area (Å²) in [6, 6.07) is 0. The quantitative estimate of drug-likeness (QED) is 0.522. The van der Waals surface area contributed by atoms with Crippen molar-refractivity contribution in [3.8, 4) is 0 Å². The molecule has 0 amide bonds. The third-order valence-electron chi connectivity index (χ3n) is 2.57. The van der Waals surface area contributed by atoms with Gasteiger partial charge in [0, 0.05) is 18.3 Å². The summed E-state index contributed by atoms with van der Waals surface area (Å²) < 4.78 is 0. The smallest absolute Gasteiger partial charge is 0.0704 e. The van der Waals surface area contributed by atoms with E-state index in [0.717, 1.165) is 6.67 Å². The molecule has 0 aromatic carbocycles. The number of hydrogen-bond donors (Lipinski definition) is 0. The fourth-order valence-electron chi connectivity index (χ4n) is 1.34. The highest BCUT2D eigenvalue weighted by atomic mass is 15.3. The molecule has 1 rings (SSSR count). The Morgan fingerprint density at radius 1 is 1.36 bits per heavy atom. The summed E-state index contributed by atoms with van der Waals surface area (Å²) >= 11 is 0. The Kier molecular flexibility index (Phi) is 1.97. The van der Waals surface area contributed by atoms with Crippen LogP contribution >= 0.6 is 0 Å². The standard InChI is InChI=1S/C9H18N2/c1-8-6-9(2,3)11(5)7-10(8)4/h6H,7H2,1-5H3. The topological polar surface area (TPSA) is 6.48 Å². The third kappa shape index (κ3) is 1.56. The zero-order valence-electron chi connectivity index (χ0n) is 8.18. The van der Waals surface area contributed by atoms with Crippen molar-refractivity contribution in [3.63, 3.8) is 0 Å². The summed E-state index contributed by atoms with van der Waals surface area (Å²) in [6.07, 6.45) is 2.30. The lowest BCUT2D eigenvalue weighted by molar-refractivity contribution is 0.110. The van der Waals surface area contributed by atoms with Crippen molar-refractivity contribution in [1.29, 1.82) is 0 Å². The van der Waals surface area contributed by atoms with Gasteiger partial charge in [-0.25, -0.2) is 0 Å². The van der Waals surface area contributed by atoms with Crippen LogP contribution in [0.15, 0.2) is 11.8 Å². The molecule has 2 nitrogen and oxygen atoms in total. The molecule has 0 saturated carbocycles. The van der Waals surface area contributed by atoms with Crippen LogP contribution in [0.4, 0.5) is 0 Å². The molecule has 0 spiro atoms. The lowest BCUT2D eigenvalue weighted by atomic mass is 10.0. The van der Waals surface area contributed by atoms with Gasteiger partial charge in [0.15, 0.2) is 0 Å². The van der Waals surface area contributed by atoms with Gasteiger partial charge in [-0.05, 0) is 33.9 Å². The zero-order valence-corrected chi connectivity index (χ0v) is 8.18. The molecular weight excluding hydrogens is 136 g/mol. The number of hydrogen-bond acceptors (Lipinski definition) is 2. The molecule has 0 N–H and O–H groups in total. The van der Waals surface area contributed by atoms with Crippen molar-refractivity contribution >= 4 is 0 Å². The highest BCUT2D eigenvalue weighted by molar-refractivity contribution is 5.12. The average molecular weight is 154 g/mol. The van der Waals surface area contributed by atoms with E-state index in [-0.39, 0.29) is 5.54 Å². The predicted molar refractivity (Wildman–Crippen MR) is 48.2 cm³/mol. The first kappa shape index (κ1) is 8.60. The number of rotatable bonds is 0. The Bertz CT molecular complexity index is 182. The molecule has 0 fully saturated rings. The van der Waals surface area contributed by atoms with Gasteiger partial charge < -0.3 is 4.90 Å². The second-order valence-electron chi connectivity index (χ2n) is 3.98. The molecule has 0 saturated heterocycles. The first-order valence-corrected chi connectivity index (χ1v) is 4.05. The third-order valence-corrected chi connectivity index (χ3v) is 2.57. The lowest BCUT2D eigenvalue weighted by Gasteiger charge is -2.42. The number of nitrogens with zero attached hydrogens (tertiary/aromatic N) is 2. The van der Waals surface area contributed by atoms with Gasteiger partial charge in [0.25, 0.3) is 0 Å². The van der Waals surface area contributed by atoms with Crippen LogP contribution in [0.1, 0.15) is 20.8 Å². The summed E-state index contributed by atoms with van der Waals surface area (Å²) in [6.45, 7) is 7.66. The molecule has 64 valence electrons. The fourth-order valence-corrected chi connectivity index (χ4v) is 1.34. The van der Waals surface area contributed by atoms with Crippen LogP contribution in [0.2, 0.25) is 0 Å². The van der Waals surface area contributed by atoms with Crippen LogP contribution in [0, 0.1) is 0 Å². The second kappa shape index (κ2) is 2.52. The van der Waals surface area contributed by atoms with Gasteiger partial charge in [0.05, 0.1) is 6.67 Å². The van der Waals surface area contributed by atoms with Crippen molar-refractivity contribution in [2.75, 3.05) is 20.8 Å². The zero-order chi connectivity index (χ0) is 8.65. The van der Waals surface area contributed by atoms with E-state index in [1.807, 2.05) is 0 Å². The predicted octanol–water partition coefficient (Wildman–Crippen LogP) is 1.50. The highest BCUT2D eigenvalue weighted by Crippen LogP contribution is 2.22. The van der Waals surface area contributed by atoms with E-state index < -0.39 is 0 Å². The molecule has 1 aliphatic heterocycles. The minimum Gasteiger partial charge on any atom is -0.365 e. The van der Waals surface area contributed by atoms with Gasteiger partial charge in [-0.1, -0.05) is 0 Å². The molecule has 2 heteroatoms. The van der Waals surface area contributed by atoms with Gasteiger partial charge >= 0.3 is 0 Å². The molecule has 0 unspecified atom stereocenters. The molecule has 1 heterocycles. The summed E-state index contributed by atoms with van der Waals surface area (Å²) in [5, 5.41) is 0. The van der Waals surface area contributed by atoms with Crippen LogP contribution in [0.3, 0.4) is 0 Å². The Balaban J connectivity index is 2.87. The molecule has 0 atom stereocenters. The first-order valence-electron chi connectivity index (χ1n) is 4.05. The SMILES string of the molecule is CC1=CC(C)(C)N(C)CN1C. The normalized spacial score (nSPS) is 25.2. The van der Waals surface area contributed by atoms with Crippen LogP contribution in [-0.4, -0.2) is 36.1 Å². The molecule has 0 aliphatic carbocycles. The van der Waals surface area contributed by atoms with E-state index >= 15 is 0 Å². The molecule has 0 bridgehead atoms. The van der Waals surface area contributed by atoms with Crippen LogP contribution in [0.25, 0.3) is 0 Å². The summed E-state index contributed by atoms with van der Waals surface area (Å²) in [4.78, 5) is 4.59. The van der Waals surface area contributed by atoms with Crippen LogP contribution in [-0.2, 0) is 0 Å². The van der Waals surface area contributed by atoms with Crippen molar-refractivity contribution < 1.29 is 0 Å². The van der Waals surface area contributed by atoms with Crippen molar-refractivity contribution in [3.05, 3.63) is 11.8 Å². The molecule has 0 aromatic heterocycles. The molecule has 1 aliphatic rings. The maximum atomic E-state index is 2.33. The lowest BCUT2D eigenvalue weighted by Crippen LogP contribution is -2.48. The Labute approximate surface area is 69.5 Å². The van der Waals surface area contributed by atoms with Crippen molar-refractivity contribution in [2.24, 2.45) is 0 Å². The van der Waals surface area contributed by atoms with E-state index in [1.54, 1.807) is 0 Å². The van der Waals surface area contributed by atoms with Gasteiger partial charge in [-0.2, -0.15) is 0 Å². The van der Waals surface area contributed by atoms with E-state index in [2.05, 4.69) is 50.7 Å². The van der Waals surface area contributed by atoms with Gasteiger partial charge in [0.2, 0.25) is 0 Å². The van der Waals surface area contributed by atoms with Crippen molar-refractivity contribution in [1.82, 2.24) is 9.80 Å². The highest BCUT2D eigenvalue weighted by Gasteiger charge is 2.26. The van der Waals surface area contributed by atoms with Gasteiger partial charge in [-0.3, -0.25) is 4.90 Å². The minimum atomic E-state index is 0.219. The van der Waals surface area contributed by atoms with Crippen molar-refractivity contribution in [2.45, 2.75) is 26.3 Å². The number of likely N-dealkylation sites (N-methyl/N-ethyl adjacent to an activating group) is 1. The van der Waals surface area contributed by atoms with Crippen LogP contribution in [0.5, 0.6) is 0 Å². The minimum absolute atomic E-state index is 0.219.